The van der Waals surface area contributed by atoms with Crippen LogP contribution in [0.4, 0.5) is 0 Å². The smallest absolute Gasteiger partial charge is 0.158 e. The minimum absolute atomic E-state index is 0.00958. The van der Waals surface area contributed by atoms with E-state index in [9.17, 15) is 0 Å². The third-order valence-corrected chi connectivity index (χ3v) is 3.57. The van der Waals surface area contributed by atoms with E-state index in [0.717, 1.165) is 50.8 Å². The van der Waals surface area contributed by atoms with Crippen LogP contribution >= 0.6 is 0 Å². The second-order valence-corrected chi connectivity index (χ2v) is 6.09. The van der Waals surface area contributed by atoms with Crippen LogP contribution in [-0.4, -0.2) is 47.7 Å². The molecule has 1 aromatic heterocycles. The summed E-state index contributed by atoms with van der Waals surface area (Å²) in [7, 11) is 0. The van der Waals surface area contributed by atoms with Crippen LogP contribution in [0.15, 0.2) is 12.3 Å². The second-order valence-electron chi connectivity index (χ2n) is 6.09. The van der Waals surface area contributed by atoms with Crippen molar-refractivity contribution >= 4 is 0 Å². The number of rotatable bonds is 7. The normalized spacial score (nSPS) is 20.1. The zero-order valence-electron chi connectivity index (χ0n) is 13.5. The summed E-state index contributed by atoms with van der Waals surface area (Å²) in [4.78, 5) is 11.5. The van der Waals surface area contributed by atoms with Gasteiger partial charge in [0.15, 0.2) is 5.82 Å². The Bertz CT molecular complexity index is 422. The van der Waals surface area contributed by atoms with Crippen LogP contribution in [0.1, 0.15) is 44.8 Å². The summed E-state index contributed by atoms with van der Waals surface area (Å²) in [6.07, 6.45) is 3.03. The molecule has 5 heteroatoms. The summed E-state index contributed by atoms with van der Waals surface area (Å²) in [5.41, 5.74) is 1.04. The molecule has 0 aliphatic carbocycles. The average Bonchev–Trinajstić information content (AvgIpc) is 2.48. The van der Waals surface area contributed by atoms with Gasteiger partial charge in [-0.2, -0.15) is 0 Å². The molecule has 5 nitrogen and oxygen atoms in total. The Balaban J connectivity index is 1.93. The highest BCUT2D eigenvalue weighted by atomic mass is 16.5. The third kappa shape index (κ3) is 5.34. The molecular weight excluding hydrogens is 264 g/mol. The van der Waals surface area contributed by atoms with Gasteiger partial charge in [-0.15, -0.1) is 0 Å². The van der Waals surface area contributed by atoms with E-state index in [1.165, 1.54) is 6.42 Å². The summed E-state index contributed by atoms with van der Waals surface area (Å²) in [5, 5.41) is 3.42. The molecule has 2 heterocycles. The van der Waals surface area contributed by atoms with Crippen LogP contribution in [0.2, 0.25) is 0 Å². The number of hydrogen-bond donors (Lipinski definition) is 1. The predicted octanol–water partition coefficient (Wildman–Crippen LogP) is 2.01. The lowest BCUT2D eigenvalue weighted by Crippen LogP contribution is -2.39. The Morgan fingerprint density at radius 2 is 2.33 bits per heavy atom. The molecule has 0 radical (unpaired) electrons. The molecule has 1 aromatic rings. The number of nitrogens with zero attached hydrogens (tertiary/aromatic N) is 3. The van der Waals surface area contributed by atoms with Gasteiger partial charge in [-0.05, 0) is 31.5 Å². The monoisotopic (exact) mass is 292 g/mol. The minimum atomic E-state index is 0.00958. The van der Waals surface area contributed by atoms with Crippen molar-refractivity contribution in [2.45, 2.75) is 39.8 Å². The van der Waals surface area contributed by atoms with Crippen molar-refractivity contribution in [1.82, 2.24) is 20.2 Å². The van der Waals surface area contributed by atoms with Crippen LogP contribution in [0.5, 0.6) is 0 Å². The average molecular weight is 292 g/mol. The van der Waals surface area contributed by atoms with Crippen molar-refractivity contribution in [2.75, 3.05) is 32.8 Å². The highest BCUT2D eigenvalue weighted by Crippen LogP contribution is 2.19. The standard InChI is InChI=1S/C16H28N4O/c1-4-7-20-8-9-21-15(12-20)16-18-6-5-14(19-16)11-17-10-13(2)3/h5-6,13,15,17H,4,7-12H2,1-3H3. The van der Waals surface area contributed by atoms with Gasteiger partial charge < -0.3 is 10.1 Å². The molecule has 1 aliphatic heterocycles. The van der Waals surface area contributed by atoms with Gasteiger partial charge in [0.1, 0.15) is 6.10 Å². The Labute approximate surface area is 128 Å². The van der Waals surface area contributed by atoms with E-state index in [2.05, 4.69) is 41.0 Å². The quantitative estimate of drug-likeness (QED) is 0.833. The van der Waals surface area contributed by atoms with Gasteiger partial charge in [-0.25, -0.2) is 9.97 Å². The fraction of sp³-hybridized carbons (Fsp3) is 0.750. The molecule has 0 aromatic carbocycles. The van der Waals surface area contributed by atoms with Crippen molar-refractivity contribution in [3.63, 3.8) is 0 Å². The zero-order chi connectivity index (χ0) is 15.1. The van der Waals surface area contributed by atoms with Gasteiger partial charge in [0.05, 0.1) is 12.3 Å². The fourth-order valence-electron chi connectivity index (χ4n) is 2.53. The molecule has 1 aliphatic rings. The van der Waals surface area contributed by atoms with Crippen molar-refractivity contribution in [1.29, 1.82) is 0 Å². The van der Waals surface area contributed by atoms with E-state index in [1.807, 2.05) is 12.3 Å². The van der Waals surface area contributed by atoms with E-state index in [1.54, 1.807) is 0 Å². The molecule has 1 fully saturated rings. The largest absolute Gasteiger partial charge is 0.368 e. The minimum Gasteiger partial charge on any atom is -0.368 e. The highest BCUT2D eigenvalue weighted by Gasteiger charge is 2.23. The number of nitrogens with one attached hydrogen (secondary N) is 1. The Hall–Kier alpha value is -1.04. The van der Waals surface area contributed by atoms with Gasteiger partial charge in [-0.1, -0.05) is 20.8 Å². The van der Waals surface area contributed by atoms with Gasteiger partial charge in [0.2, 0.25) is 0 Å². The van der Waals surface area contributed by atoms with E-state index in [-0.39, 0.29) is 6.10 Å². The zero-order valence-corrected chi connectivity index (χ0v) is 13.5. The molecule has 118 valence electrons. The van der Waals surface area contributed by atoms with Crippen LogP contribution in [-0.2, 0) is 11.3 Å². The molecule has 0 spiro atoms. The third-order valence-electron chi connectivity index (χ3n) is 3.57. The fourth-order valence-corrected chi connectivity index (χ4v) is 2.53. The first kappa shape index (κ1) is 16.3. The van der Waals surface area contributed by atoms with Crippen LogP contribution in [0, 0.1) is 5.92 Å². The number of aromatic nitrogens is 2. The Morgan fingerprint density at radius 1 is 1.48 bits per heavy atom. The molecule has 1 saturated heterocycles. The lowest BCUT2D eigenvalue weighted by Gasteiger charge is -2.31. The number of morpholine rings is 1. The van der Waals surface area contributed by atoms with Crippen LogP contribution < -0.4 is 5.32 Å². The van der Waals surface area contributed by atoms with Gasteiger partial charge >= 0.3 is 0 Å². The Morgan fingerprint density at radius 3 is 3.10 bits per heavy atom. The molecule has 0 amide bonds. The lowest BCUT2D eigenvalue weighted by molar-refractivity contribution is -0.0343. The highest BCUT2D eigenvalue weighted by molar-refractivity contribution is 5.05. The summed E-state index contributed by atoms with van der Waals surface area (Å²) in [5.74, 6) is 1.47. The summed E-state index contributed by atoms with van der Waals surface area (Å²) in [6, 6.07) is 1.98. The maximum Gasteiger partial charge on any atom is 0.158 e. The van der Waals surface area contributed by atoms with Gasteiger partial charge in [0.25, 0.3) is 0 Å². The molecule has 0 saturated carbocycles. The van der Waals surface area contributed by atoms with E-state index in [4.69, 9.17) is 4.74 Å². The summed E-state index contributed by atoms with van der Waals surface area (Å²) < 4.78 is 5.85. The van der Waals surface area contributed by atoms with Crippen LogP contribution in [0.25, 0.3) is 0 Å². The maximum absolute atomic E-state index is 5.85. The molecule has 0 bridgehead atoms. The van der Waals surface area contributed by atoms with Gasteiger partial charge in [0, 0.05) is 25.8 Å². The predicted molar refractivity (Wildman–Crippen MR) is 84.0 cm³/mol. The molecule has 21 heavy (non-hydrogen) atoms. The van der Waals surface area contributed by atoms with Crippen LogP contribution in [0.3, 0.4) is 0 Å². The molecule has 1 N–H and O–H groups in total. The molecule has 2 rings (SSSR count). The van der Waals surface area contributed by atoms with Crippen molar-refractivity contribution in [2.24, 2.45) is 5.92 Å². The van der Waals surface area contributed by atoms with Crippen molar-refractivity contribution in [3.05, 3.63) is 23.8 Å². The van der Waals surface area contributed by atoms with E-state index < -0.39 is 0 Å². The molecular formula is C16H28N4O. The SMILES string of the molecule is CCCN1CCOC(c2nccc(CNCC(C)C)n2)C1. The van der Waals surface area contributed by atoms with Gasteiger partial charge in [-0.3, -0.25) is 4.90 Å². The second kappa shape index (κ2) is 8.41. The summed E-state index contributed by atoms with van der Waals surface area (Å²) >= 11 is 0. The molecule has 1 atom stereocenters. The maximum atomic E-state index is 5.85. The molecule has 1 unspecified atom stereocenters. The Kier molecular flexibility index (Phi) is 6.54. The number of ether oxygens (including phenoxy) is 1. The number of hydrogen-bond acceptors (Lipinski definition) is 5. The lowest BCUT2D eigenvalue weighted by atomic mass is 10.2. The van der Waals surface area contributed by atoms with E-state index in [0.29, 0.717) is 5.92 Å². The topological polar surface area (TPSA) is 50.3 Å². The first-order chi connectivity index (χ1) is 10.2. The van der Waals surface area contributed by atoms with Crippen molar-refractivity contribution < 1.29 is 4.74 Å². The first-order valence-electron chi connectivity index (χ1n) is 8.05. The van der Waals surface area contributed by atoms with E-state index >= 15 is 0 Å². The summed E-state index contributed by atoms with van der Waals surface area (Å²) in [6.45, 7) is 12.2. The van der Waals surface area contributed by atoms with Crippen molar-refractivity contribution in [3.8, 4) is 0 Å². The first-order valence-corrected chi connectivity index (χ1v) is 8.05.